The summed E-state index contributed by atoms with van der Waals surface area (Å²) in [6.45, 7) is 7.01. The summed E-state index contributed by atoms with van der Waals surface area (Å²) in [5.74, 6) is 2.40. The maximum absolute atomic E-state index is 12.4. The summed E-state index contributed by atoms with van der Waals surface area (Å²) < 4.78 is 6.13. The molecule has 32 heavy (non-hydrogen) atoms. The lowest BCUT2D eigenvalue weighted by molar-refractivity contribution is 0.0944. The number of hydrogen-bond acceptors (Lipinski definition) is 6. The number of aliphatic imine (C=N–C) groups is 1. The molecule has 8 heteroatoms. The molecule has 0 aliphatic carbocycles. The van der Waals surface area contributed by atoms with Gasteiger partial charge in [-0.15, -0.1) is 0 Å². The molecule has 1 amide bonds. The van der Waals surface area contributed by atoms with Crippen molar-refractivity contribution in [2.24, 2.45) is 22.6 Å². The number of nitrogens with two attached hydrogens (primary N) is 2. The Hall–Kier alpha value is -3.29. The van der Waals surface area contributed by atoms with Crippen molar-refractivity contribution in [1.82, 2.24) is 10.3 Å². The lowest BCUT2D eigenvalue weighted by atomic mass is 9.99. The normalized spacial score (nSPS) is 16.8. The van der Waals surface area contributed by atoms with Gasteiger partial charge in [0.1, 0.15) is 23.1 Å². The summed E-state index contributed by atoms with van der Waals surface area (Å²) in [6.07, 6.45) is 2.09. The molecule has 1 aromatic heterocycles. The van der Waals surface area contributed by atoms with Crippen molar-refractivity contribution >= 4 is 23.2 Å². The molecule has 0 spiro atoms. The molecule has 0 bridgehead atoms. The fraction of sp³-hybridized carbons (Fsp3) is 0.458. The number of anilines is 2. The Bertz CT molecular complexity index is 959. The summed E-state index contributed by atoms with van der Waals surface area (Å²) in [5, 5.41) is 2.93. The average molecular weight is 439 g/mol. The number of amidine groups is 1. The monoisotopic (exact) mass is 438 g/mol. The van der Waals surface area contributed by atoms with Gasteiger partial charge in [0.15, 0.2) is 0 Å². The second-order valence-corrected chi connectivity index (χ2v) is 8.58. The summed E-state index contributed by atoms with van der Waals surface area (Å²) in [4.78, 5) is 23.3. The van der Waals surface area contributed by atoms with Gasteiger partial charge in [-0.05, 0) is 43.0 Å². The highest BCUT2D eigenvalue weighted by molar-refractivity contribution is 6.04. The van der Waals surface area contributed by atoms with Gasteiger partial charge >= 0.3 is 0 Å². The van der Waals surface area contributed by atoms with Crippen LogP contribution in [0.15, 0.2) is 41.4 Å². The van der Waals surface area contributed by atoms with Gasteiger partial charge in [-0.25, -0.2) is 4.98 Å². The van der Waals surface area contributed by atoms with Crippen molar-refractivity contribution in [2.75, 3.05) is 43.9 Å². The van der Waals surface area contributed by atoms with E-state index in [4.69, 9.17) is 16.2 Å². The highest BCUT2D eigenvalue weighted by Gasteiger charge is 2.23. The van der Waals surface area contributed by atoms with Gasteiger partial charge in [0.05, 0.1) is 12.2 Å². The fourth-order valence-corrected chi connectivity index (χ4v) is 3.78. The second-order valence-electron chi connectivity index (χ2n) is 8.58. The number of aromatic nitrogens is 1. The number of amides is 1. The largest absolute Gasteiger partial charge is 0.492 e. The first-order valence-electron chi connectivity index (χ1n) is 11.1. The van der Waals surface area contributed by atoms with Crippen molar-refractivity contribution in [3.05, 3.63) is 47.7 Å². The van der Waals surface area contributed by atoms with Crippen molar-refractivity contribution in [1.29, 1.82) is 0 Å². The predicted octanol–water partition coefficient (Wildman–Crippen LogP) is 2.68. The number of carbonyl (C=O) groups is 1. The molecule has 1 unspecified atom stereocenters. The molecule has 2 aromatic rings. The van der Waals surface area contributed by atoms with E-state index in [9.17, 15) is 4.79 Å². The van der Waals surface area contributed by atoms with E-state index in [1.165, 1.54) is 0 Å². The van der Waals surface area contributed by atoms with E-state index in [1.54, 1.807) is 19.2 Å². The Kier molecular flexibility index (Phi) is 7.92. The zero-order chi connectivity index (χ0) is 23.1. The van der Waals surface area contributed by atoms with Gasteiger partial charge in [0.2, 0.25) is 0 Å². The summed E-state index contributed by atoms with van der Waals surface area (Å²) in [7, 11) is 1.63. The molecule has 8 nitrogen and oxygen atoms in total. The van der Waals surface area contributed by atoms with Crippen molar-refractivity contribution in [2.45, 2.75) is 26.7 Å². The van der Waals surface area contributed by atoms with Gasteiger partial charge in [0.25, 0.3) is 5.91 Å². The van der Waals surface area contributed by atoms with Crippen LogP contribution in [-0.4, -0.2) is 50.0 Å². The third kappa shape index (κ3) is 5.90. The third-order valence-corrected chi connectivity index (χ3v) is 5.51. The molecule has 1 fully saturated rings. The fourth-order valence-electron chi connectivity index (χ4n) is 3.78. The number of benzene rings is 1. The smallest absolute Gasteiger partial charge is 0.269 e. The molecule has 0 radical (unpaired) electrons. The summed E-state index contributed by atoms with van der Waals surface area (Å²) in [6, 6.07) is 11.1. The van der Waals surface area contributed by atoms with Gasteiger partial charge in [0, 0.05) is 38.3 Å². The van der Waals surface area contributed by atoms with Crippen LogP contribution >= 0.6 is 0 Å². The molecule has 2 heterocycles. The van der Waals surface area contributed by atoms with Crippen LogP contribution in [0.4, 0.5) is 11.5 Å². The van der Waals surface area contributed by atoms with E-state index in [0.29, 0.717) is 53.5 Å². The zero-order valence-corrected chi connectivity index (χ0v) is 19.2. The van der Waals surface area contributed by atoms with Gasteiger partial charge < -0.3 is 26.4 Å². The molecule has 1 atom stereocenters. The zero-order valence-electron chi connectivity index (χ0n) is 19.2. The maximum atomic E-state index is 12.4. The first-order chi connectivity index (χ1) is 15.4. The van der Waals surface area contributed by atoms with Crippen LogP contribution in [0.5, 0.6) is 5.75 Å². The van der Waals surface area contributed by atoms with Crippen LogP contribution in [0.2, 0.25) is 0 Å². The number of carbonyl (C=O) groups excluding carboxylic acids is 1. The van der Waals surface area contributed by atoms with E-state index >= 15 is 0 Å². The Morgan fingerprint density at radius 1 is 1.31 bits per heavy atom. The average Bonchev–Trinajstić information content (AvgIpc) is 2.81. The van der Waals surface area contributed by atoms with Crippen molar-refractivity contribution < 1.29 is 9.53 Å². The van der Waals surface area contributed by atoms with E-state index in [0.717, 1.165) is 31.7 Å². The number of rotatable bonds is 8. The third-order valence-electron chi connectivity index (χ3n) is 5.51. The number of ether oxygens (including phenoxy) is 1. The number of nitrogen functional groups attached to an aromatic ring is 1. The molecular formula is C24H34N6O2. The predicted molar refractivity (Wildman–Crippen MR) is 129 cm³/mol. The topological polar surface area (TPSA) is 119 Å². The molecule has 5 N–H and O–H groups in total. The lowest BCUT2D eigenvalue weighted by Gasteiger charge is -2.33. The molecule has 1 aromatic carbocycles. The Morgan fingerprint density at radius 2 is 2.09 bits per heavy atom. The van der Waals surface area contributed by atoms with Gasteiger partial charge in [-0.1, -0.05) is 26.0 Å². The molecule has 1 saturated heterocycles. The SMILES string of the molecule is CN=C(N)c1c(N)cccc1OCC1CCCN(c2cccc(C(=O)NCC(C)C)n2)C1. The number of nitrogens with one attached hydrogen (secondary N) is 1. The Balaban J connectivity index is 1.65. The van der Waals surface area contributed by atoms with Crippen LogP contribution in [0.1, 0.15) is 42.7 Å². The number of nitrogens with zero attached hydrogens (tertiary/aromatic N) is 3. The van der Waals surface area contributed by atoms with E-state index < -0.39 is 0 Å². The number of piperidine rings is 1. The van der Waals surface area contributed by atoms with Crippen LogP contribution in [-0.2, 0) is 0 Å². The molecular weight excluding hydrogens is 404 g/mol. The Morgan fingerprint density at radius 3 is 2.84 bits per heavy atom. The van der Waals surface area contributed by atoms with Crippen LogP contribution in [0.25, 0.3) is 0 Å². The maximum Gasteiger partial charge on any atom is 0.269 e. The van der Waals surface area contributed by atoms with Gasteiger partial charge in [-0.2, -0.15) is 0 Å². The lowest BCUT2D eigenvalue weighted by Crippen LogP contribution is -2.38. The summed E-state index contributed by atoms with van der Waals surface area (Å²) in [5.41, 5.74) is 13.7. The molecule has 0 saturated carbocycles. The first kappa shape index (κ1) is 23.4. The first-order valence-corrected chi connectivity index (χ1v) is 11.1. The molecule has 3 rings (SSSR count). The summed E-state index contributed by atoms with van der Waals surface area (Å²) >= 11 is 0. The highest BCUT2D eigenvalue weighted by Crippen LogP contribution is 2.27. The number of pyridine rings is 1. The standard InChI is InChI=1S/C24H34N6O2/c1-16(2)13-28-24(31)19-9-5-11-21(29-19)30-12-6-7-17(14-30)15-32-20-10-4-8-18(25)22(20)23(26)27-3/h4-5,8-11,16-17H,6-7,12-15,25H2,1-3H3,(H2,26,27)(H,28,31). The van der Waals surface area contributed by atoms with E-state index in [2.05, 4.69) is 34.0 Å². The minimum Gasteiger partial charge on any atom is -0.492 e. The highest BCUT2D eigenvalue weighted by atomic mass is 16.5. The molecule has 1 aliphatic heterocycles. The van der Waals surface area contributed by atoms with Crippen molar-refractivity contribution in [3.63, 3.8) is 0 Å². The van der Waals surface area contributed by atoms with E-state index in [1.807, 2.05) is 24.3 Å². The van der Waals surface area contributed by atoms with E-state index in [-0.39, 0.29) is 5.91 Å². The van der Waals surface area contributed by atoms with Crippen molar-refractivity contribution in [3.8, 4) is 5.75 Å². The minimum atomic E-state index is -0.137. The quantitative estimate of drug-likeness (QED) is 0.331. The molecule has 1 aliphatic rings. The minimum absolute atomic E-state index is 0.137. The van der Waals surface area contributed by atoms with Gasteiger partial charge in [-0.3, -0.25) is 9.79 Å². The number of hydrogen-bond donors (Lipinski definition) is 3. The van der Waals surface area contributed by atoms with Crippen LogP contribution in [0.3, 0.4) is 0 Å². The molecule has 172 valence electrons. The van der Waals surface area contributed by atoms with Crippen LogP contribution in [0, 0.1) is 11.8 Å². The Labute approximate surface area is 190 Å². The van der Waals surface area contributed by atoms with Crippen LogP contribution < -0.4 is 26.4 Å². The second kappa shape index (κ2) is 10.8.